The monoisotopic (exact) mass is 346 g/mol. The van der Waals surface area contributed by atoms with E-state index in [2.05, 4.69) is 11.9 Å². The molecule has 4 N–H and O–H groups in total. The lowest BCUT2D eigenvalue weighted by molar-refractivity contribution is 0.483. The third-order valence-electron chi connectivity index (χ3n) is 2.94. The van der Waals surface area contributed by atoms with Crippen LogP contribution in [0.25, 0.3) is 10.9 Å². The van der Waals surface area contributed by atoms with Crippen LogP contribution in [-0.4, -0.2) is 24.5 Å². The average Bonchev–Trinajstić information content (AvgIpc) is 2.37. The molecule has 0 amide bonds. The fraction of sp³-hybridized carbons (Fsp3) is 0.357. The molecule has 1 aromatic carbocycles. The normalized spacial score (nSPS) is 11.1. The van der Waals surface area contributed by atoms with Crippen LogP contribution in [0.15, 0.2) is 27.9 Å². The molecule has 6 nitrogen and oxygen atoms in total. The molecular formula is C14H19ClN2O4S. The highest BCUT2D eigenvalue weighted by molar-refractivity contribution is 7.86. The summed E-state index contributed by atoms with van der Waals surface area (Å²) in [5, 5.41) is 0.378. The zero-order chi connectivity index (χ0) is 16.9. The molecule has 0 aliphatic carbocycles. The molecule has 0 unspecified atom stereocenters. The number of nitrogens with one attached hydrogen (secondary N) is 1. The minimum atomic E-state index is -4.38. The molecule has 8 heteroatoms. The van der Waals surface area contributed by atoms with Crippen LogP contribution in [0.3, 0.4) is 0 Å². The van der Waals surface area contributed by atoms with Crippen molar-refractivity contribution >= 4 is 32.6 Å². The van der Waals surface area contributed by atoms with Gasteiger partial charge in [-0.2, -0.15) is 8.42 Å². The summed E-state index contributed by atoms with van der Waals surface area (Å²) >= 11 is 5.73. The maximum Gasteiger partial charge on any atom is 0.296 e. The molecule has 0 aliphatic rings. The number of aromatic nitrogens is 1. The molecule has 0 saturated heterocycles. The second-order valence-electron chi connectivity index (χ2n) is 4.76. The van der Waals surface area contributed by atoms with Crippen LogP contribution < -0.4 is 11.3 Å². The first-order valence-electron chi connectivity index (χ1n) is 6.71. The second-order valence-corrected chi connectivity index (χ2v) is 6.56. The van der Waals surface area contributed by atoms with Crippen LogP contribution in [0, 0.1) is 6.92 Å². The Labute approximate surface area is 134 Å². The number of pyridine rings is 1. The maximum atomic E-state index is 11.2. The van der Waals surface area contributed by atoms with E-state index >= 15 is 0 Å². The molecule has 0 radical (unpaired) electrons. The topological polar surface area (TPSA) is 113 Å². The van der Waals surface area contributed by atoms with Crippen LogP contribution in [0.1, 0.15) is 25.3 Å². The maximum absolute atomic E-state index is 11.2. The molecule has 1 aromatic heterocycles. The van der Waals surface area contributed by atoms with E-state index in [0.717, 1.165) is 6.54 Å². The van der Waals surface area contributed by atoms with Gasteiger partial charge in [0.1, 0.15) is 4.90 Å². The summed E-state index contributed by atoms with van der Waals surface area (Å²) in [6, 6.07) is 3.87. The van der Waals surface area contributed by atoms with E-state index in [4.69, 9.17) is 21.9 Å². The summed E-state index contributed by atoms with van der Waals surface area (Å²) in [5.74, 6) is 0. The van der Waals surface area contributed by atoms with Gasteiger partial charge >= 0.3 is 0 Å². The van der Waals surface area contributed by atoms with E-state index < -0.39 is 10.1 Å². The number of unbranched alkanes of at least 4 members (excludes halogenated alkanes) is 1. The van der Waals surface area contributed by atoms with Crippen molar-refractivity contribution in [2.45, 2.75) is 31.6 Å². The molecule has 2 aromatic rings. The zero-order valence-corrected chi connectivity index (χ0v) is 14.0. The third-order valence-corrected chi connectivity index (χ3v) is 4.26. The first kappa shape index (κ1) is 18.6. The molecule has 0 fully saturated rings. The van der Waals surface area contributed by atoms with Crippen molar-refractivity contribution < 1.29 is 13.0 Å². The molecule has 0 aliphatic heterocycles. The lowest BCUT2D eigenvalue weighted by Crippen LogP contribution is -2.06. The summed E-state index contributed by atoms with van der Waals surface area (Å²) < 4.78 is 31.1. The molecule has 0 bridgehead atoms. The van der Waals surface area contributed by atoms with Gasteiger partial charge in [-0.25, -0.2) is 0 Å². The standard InChI is InChI=1S/C10H8ClNO4S.C4H11N/c1-5-2-10(13)12-8-4-7(11)9(3-6(5)8)17(14,15)16;1-2-3-4-5/h2-4H,1H3,(H,12,13)(H,14,15,16);2-5H2,1H3. The Morgan fingerprint density at radius 2 is 1.95 bits per heavy atom. The molecule has 1 heterocycles. The summed E-state index contributed by atoms with van der Waals surface area (Å²) in [6.45, 7) is 4.64. The minimum Gasteiger partial charge on any atom is -0.330 e. The van der Waals surface area contributed by atoms with Crippen molar-refractivity contribution in [2.24, 2.45) is 5.73 Å². The van der Waals surface area contributed by atoms with Gasteiger partial charge in [-0.05, 0) is 37.6 Å². The first-order valence-corrected chi connectivity index (χ1v) is 8.53. The van der Waals surface area contributed by atoms with Crippen LogP contribution in [0.4, 0.5) is 0 Å². The quantitative estimate of drug-likeness (QED) is 0.739. The number of hydrogen-bond acceptors (Lipinski definition) is 4. The number of rotatable bonds is 3. The van der Waals surface area contributed by atoms with E-state index in [9.17, 15) is 13.2 Å². The highest BCUT2D eigenvalue weighted by Crippen LogP contribution is 2.27. The number of nitrogens with two attached hydrogens (primary N) is 1. The van der Waals surface area contributed by atoms with Gasteiger partial charge in [0.25, 0.3) is 10.1 Å². The first-order chi connectivity index (χ1) is 10.2. The SMILES string of the molecule is CCCCN.Cc1cc(=O)[nH]c2cc(Cl)c(S(=O)(=O)O)cc12. The lowest BCUT2D eigenvalue weighted by atomic mass is 10.1. The number of fused-ring (bicyclic) bond motifs is 1. The second kappa shape index (κ2) is 7.73. The van der Waals surface area contributed by atoms with Gasteiger partial charge in [0.15, 0.2) is 0 Å². The number of benzene rings is 1. The van der Waals surface area contributed by atoms with E-state index in [-0.39, 0.29) is 15.5 Å². The van der Waals surface area contributed by atoms with Gasteiger partial charge in [0, 0.05) is 11.5 Å². The van der Waals surface area contributed by atoms with E-state index in [1.165, 1.54) is 31.0 Å². The van der Waals surface area contributed by atoms with Crippen LogP contribution >= 0.6 is 11.6 Å². The molecule has 22 heavy (non-hydrogen) atoms. The van der Waals surface area contributed by atoms with Gasteiger partial charge in [-0.15, -0.1) is 0 Å². The highest BCUT2D eigenvalue weighted by Gasteiger charge is 2.16. The van der Waals surface area contributed by atoms with Gasteiger partial charge in [0.05, 0.1) is 10.5 Å². The number of aromatic amines is 1. The minimum absolute atomic E-state index is 0.138. The Morgan fingerprint density at radius 1 is 1.32 bits per heavy atom. The van der Waals surface area contributed by atoms with Crippen LogP contribution in [0.2, 0.25) is 5.02 Å². The summed E-state index contributed by atoms with van der Waals surface area (Å²) in [7, 11) is -4.38. The molecule has 0 saturated carbocycles. The fourth-order valence-corrected chi connectivity index (χ4v) is 2.86. The fourth-order valence-electron chi connectivity index (χ4n) is 1.83. The predicted molar refractivity (Wildman–Crippen MR) is 88.1 cm³/mol. The Morgan fingerprint density at radius 3 is 2.41 bits per heavy atom. The smallest absolute Gasteiger partial charge is 0.296 e. The van der Waals surface area contributed by atoms with E-state index in [0.29, 0.717) is 16.5 Å². The van der Waals surface area contributed by atoms with Crippen LogP contribution in [0.5, 0.6) is 0 Å². The summed E-state index contributed by atoms with van der Waals surface area (Å²) in [6.07, 6.45) is 2.39. The largest absolute Gasteiger partial charge is 0.330 e. The van der Waals surface area contributed by atoms with Crippen molar-refractivity contribution in [1.29, 1.82) is 0 Å². The van der Waals surface area contributed by atoms with Crippen molar-refractivity contribution in [3.8, 4) is 0 Å². The summed E-state index contributed by atoms with van der Waals surface area (Å²) in [4.78, 5) is 13.4. The lowest BCUT2D eigenvalue weighted by Gasteiger charge is -2.05. The predicted octanol–water partition coefficient (Wildman–Crippen LogP) is 2.48. The van der Waals surface area contributed by atoms with Crippen molar-refractivity contribution in [2.75, 3.05) is 6.54 Å². The number of halogens is 1. The Hall–Kier alpha value is -1.41. The third kappa shape index (κ3) is 4.81. The van der Waals surface area contributed by atoms with Gasteiger partial charge in [-0.3, -0.25) is 9.35 Å². The van der Waals surface area contributed by atoms with Gasteiger partial charge in [-0.1, -0.05) is 24.9 Å². The van der Waals surface area contributed by atoms with Crippen molar-refractivity contribution in [3.63, 3.8) is 0 Å². The van der Waals surface area contributed by atoms with E-state index in [1.54, 1.807) is 6.92 Å². The molecule has 0 spiro atoms. The van der Waals surface area contributed by atoms with Crippen molar-refractivity contribution in [1.82, 2.24) is 4.98 Å². The number of hydrogen-bond donors (Lipinski definition) is 3. The number of H-pyrrole nitrogens is 1. The molecular weight excluding hydrogens is 328 g/mol. The van der Waals surface area contributed by atoms with Crippen LogP contribution in [-0.2, 0) is 10.1 Å². The van der Waals surface area contributed by atoms with Crippen molar-refractivity contribution in [3.05, 3.63) is 39.1 Å². The molecule has 0 atom stereocenters. The Kier molecular flexibility index (Phi) is 6.55. The molecule has 2 rings (SSSR count). The summed E-state index contributed by atoms with van der Waals surface area (Å²) in [5.41, 5.74) is 5.86. The number of aryl methyl sites for hydroxylation is 1. The average molecular weight is 347 g/mol. The molecule has 122 valence electrons. The zero-order valence-electron chi connectivity index (χ0n) is 12.4. The Bertz CT molecular complexity index is 813. The van der Waals surface area contributed by atoms with E-state index in [1.807, 2.05) is 0 Å². The van der Waals surface area contributed by atoms with Gasteiger partial charge < -0.3 is 10.7 Å². The highest BCUT2D eigenvalue weighted by atomic mass is 35.5. The van der Waals surface area contributed by atoms with Gasteiger partial charge in [0.2, 0.25) is 5.56 Å². The Balaban J connectivity index is 0.000000422.